The van der Waals surface area contributed by atoms with Crippen LogP contribution >= 0.6 is 0 Å². The fraction of sp³-hybridized carbons (Fsp3) is 0.111. The third-order valence-corrected chi connectivity index (χ3v) is 1.70. The van der Waals surface area contributed by atoms with E-state index in [-0.39, 0.29) is 0 Å². The number of aromatic nitrogens is 4. The maximum Gasteiger partial charge on any atom is 0.102 e. The molecule has 5 heteroatoms. The van der Waals surface area contributed by atoms with Crippen molar-refractivity contribution in [2.75, 3.05) is 0 Å². The highest BCUT2D eigenvalue weighted by molar-refractivity contribution is 5.21. The molecule has 2 aromatic heterocycles. The normalized spacial score (nSPS) is 9.64. The minimum atomic E-state index is 0.537. The molecule has 0 N–H and O–H groups in total. The van der Waals surface area contributed by atoms with E-state index in [1.165, 1.54) is 6.20 Å². The number of hydrogen-bond donors (Lipinski definition) is 0. The molecule has 0 bridgehead atoms. The highest BCUT2D eigenvalue weighted by Gasteiger charge is 1.98. The maximum atomic E-state index is 8.59. The first-order valence-corrected chi connectivity index (χ1v) is 4.06. The van der Waals surface area contributed by atoms with E-state index in [1.807, 2.05) is 6.07 Å². The van der Waals surface area contributed by atoms with Gasteiger partial charge in [-0.25, -0.2) is 0 Å². The molecule has 0 aliphatic heterocycles. The summed E-state index contributed by atoms with van der Waals surface area (Å²) in [5, 5.41) is 12.6. The molecule has 0 radical (unpaired) electrons. The van der Waals surface area contributed by atoms with E-state index in [1.54, 1.807) is 29.5 Å². The van der Waals surface area contributed by atoms with E-state index in [2.05, 4.69) is 15.1 Å². The smallest absolute Gasteiger partial charge is 0.102 e. The maximum absolute atomic E-state index is 8.59. The monoisotopic (exact) mass is 185 g/mol. The van der Waals surface area contributed by atoms with Crippen LogP contribution in [0.5, 0.6) is 0 Å². The lowest BCUT2D eigenvalue weighted by molar-refractivity contribution is 0.669. The van der Waals surface area contributed by atoms with Crippen LogP contribution in [0.15, 0.2) is 31.0 Å². The molecule has 0 saturated heterocycles. The molecule has 0 aliphatic rings. The summed E-state index contributed by atoms with van der Waals surface area (Å²) in [5.41, 5.74) is 1.37. The fourth-order valence-electron chi connectivity index (χ4n) is 1.09. The van der Waals surface area contributed by atoms with Gasteiger partial charge in [-0.1, -0.05) is 0 Å². The van der Waals surface area contributed by atoms with Crippen LogP contribution in [0.2, 0.25) is 0 Å². The van der Waals surface area contributed by atoms with E-state index in [0.29, 0.717) is 12.1 Å². The molecule has 5 nitrogen and oxygen atoms in total. The Balaban J connectivity index is 2.16. The van der Waals surface area contributed by atoms with Crippen molar-refractivity contribution in [1.82, 2.24) is 19.7 Å². The first-order chi connectivity index (χ1) is 6.88. The summed E-state index contributed by atoms with van der Waals surface area (Å²) < 4.78 is 1.66. The molecule has 0 aliphatic carbocycles. The standard InChI is InChI=1S/C9H7N5/c10-3-8-4-13-14(6-8)7-9-5-11-1-2-12-9/h1-2,4-6H,7H2. The second kappa shape index (κ2) is 3.66. The average Bonchev–Trinajstić information content (AvgIpc) is 2.67. The van der Waals surface area contributed by atoms with Crippen molar-refractivity contribution in [3.8, 4) is 6.07 Å². The SMILES string of the molecule is N#Cc1cnn(Cc2cnccn2)c1. The summed E-state index contributed by atoms with van der Waals surface area (Å²) in [5.74, 6) is 0. The van der Waals surface area contributed by atoms with Gasteiger partial charge < -0.3 is 0 Å². The molecule has 2 aromatic rings. The van der Waals surface area contributed by atoms with E-state index in [9.17, 15) is 0 Å². The Morgan fingerprint density at radius 3 is 2.93 bits per heavy atom. The lowest BCUT2D eigenvalue weighted by atomic mass is 10.4. The lowest BCUT2D eigenvalue weighted by Gasteiger charge is -1.98. The zero-order valence-corrected chi connectivity index (χ0v) is 7.33. The molecule has 2 rings (SSSR count). The lowest BCUT2D eigenvalue weighted by Crippen LogP contribution is -2.01. The van der Waals surface area contributed by atoms with Gasteiger partial charge in [0.15, 0.2) is 0 Å². The number of nitriles is 1. The molecular weight excluding hydrogens is 178 g/mol. The summed E-state index contributed by atoms with van der Waals surface area (Å²) in [6.45, 7) is 0.537. The van der Waals surface area contributed by atoms with Crippen LogP contribution in [0.4, 0.5) is 0 Å². The quantitative estimate of drug-likeness (QED) is 0.686. The van der Waals surface area contributed by atoms with Crippen molar-refractivity contribution in [1.29, 1.82) is 5.26 Å². The first kappa shape index (κ1) is 8.38. The molecule has 0 fully saturated rings. The molecular formula is C9H7N5. The minimum Gasteiger partial charge on any atom is -0.265 e. The van der Waals surface area contributed by atoms with Crippen LogP contribution in [-0.4, -0.2) is 19.7 Å². The minimum absolute atomic E-state index is 0.537. The van der Waals surface area contributed by atoms with Gasteiger partial charge in [-0.15, -0.1) is 0 Å². The van der Waals surface area contributed by atoms with Crippen LogP contribution in [0, 0.1) is 11.3 Å². The highest BCUT2D eigenvalue weighted by atomic mass is 15.3. The third-order valence-electron chi connectivity index (χ3n) is 1.70. The second-order valence-corrected chi connectivity index (χ2v) is 2.74. The molecule has 0 aromatic carbocycles. The van der Waals surface area contributed by atoms with Crippen molar-refractivity contribution in [3.05, 3.63) is 42.2 Å². The van der Waals surface area contributed by atoms with Crippen molar-refractivity contribution in [2.24, 2.45) is 0 Å². The summed E-state index contributed by atoms with van der Waals surface area (Å²) >= 11 is 0. The van der Waals surface area contributed by atoms with Crippen molar-refractivity contribution in [2.45, 2.75) is 6.54 Å². The van der Waals surface area contributed by atoms with Crippen LogP contribution in [-0.2, 0) is 6.54 Å². The van der Waals surface area contributed by atoms with Gasteiger partial charge in [-0.2, -0.15) is 10.4 Å². The Labute approximate surface area is 80.7 Å². The Morgan fingerprint density at radius 1 is 1.36 bits per heavy atom. The average molecular weight is 185 g/mol. The van der Waals surface area contributed by atoms with Crippen molar-refractivity contribution in [3.63, 3.8) is 0 Å². The van der Waals surface area contributed by atoms with E-state index in [4.69, 9.17) is 5.26 Å². The molecule has 0 spiro atoms. The van der Waals surface area contributed by atoms with Gasteiger partial charge in [0.2, 0.25) is 0 Å². The Kier molecular flexibility index (Phi) is 2.19. The van der Waals surface area contributed by atoms with Gasteiger partial charge in [0.25, 0.3) is 0 Å². The molecule has 2 heterocycles. The van der Waals surface area contributed by atoms with Gasteiger partial charge in [0, 0.05) is 18.6 Å². The molecule has 0 amide bonds. The van der Waals surface area contributed by atoms with Crippen molar-refractivity contribution < 1.29 is 0 Å². The predicted molar refractivity (Wildman–Crippen MR) is 48.1 cm³/mol. The van der Waals surface area contributed by atoms with E-state index >= 15 is 0 Å². The predicted octanol–water partition coefficient (Wildman–Crippen LogP) is 0.593. The molecule has 0 unspecified atom stereocenters. The second-order valence-electron chi connectivity index (χ2n) is 2.74. The summed E-state index contributed by atoms with van der Waals surface area (Å²) in [7, 11) is 0. The number of nitrogens with zero attached hydrogens (tertiary/aromatic N) is 5. The van der Waals surface area contributed by atoms with Gasteiger partial charge >= 0.3 is 0 Å². The highest BCUT2D eigenvalue weighted by Crippen LogP contribution is 1.98. The Morgan fingerprint density at radius 2 is 2.29 bits per heavy atom. The molecule has 14 heavy (non-hydrogen) atoms. The van der Waals surface area contributed by atoms with Crippen molar-refractivity contribution >= 4 is 0 Å². The fourth-order valence-corrected chi connectivity index (χ4v) is 1.09. The molecule has 0 atom stereocenters. The van der Waals surface area contributed by atoms with E-state index in [0.717, 1.165) is 5.69 Å². The third kappa shape index (κ3) is 1.75. The van der Waals surface area contributed by atoms with Gasteiger partial charge in [0.1, 0.15) is 6.07 Å². The van der Waals surface area contributed by atoms with Crippen LogP contribution < -0.4 is 0 Å². The summed E-state index contributed by atoms with van der Waals surface area (Å²) in [6.07, 6.45) is 8.12. The van der Waals surface area contributed by atoms with Gasteiger partial charge in [0.05, 0.1) is 30.2 Å². The summed E-state index contributed by atoms with van der Waals surface area (Å²) in [6, 6.07) is 2.01. The van der Waals surface area contributed by atoms with Gasteiger partial charge in [-0.3, -0.25) is 14.6 Å². The Bertz CT molecular complexity index is 454. The van der Waals surface area contributed by atoms with Crippen LogP contribution in [0.3, 0.4) is 0 Å². The molecule has 68 valence electrons. The van der Waals surface area contributed by atoms with E-state index < -0.39 is 0 Å². The van der Waals surface area contributed by atoms with Gasteiger partial charge in [-0.05, 0) is 0 Å². The molecule has 0 saturated carbocycles. The van der Waals surface area contributed by atoms with Crippen LogP contribution in [0.1, 0.15) is 11.3 Å². The topological polar surface area (TPSA) is 67.4 Å². The number of hydrogen-bond acceptors (Lipinski definition) is 4. The largest absolute Gasteiger partial charge is 0.265 e. The zero-order chi connectivity index (χ0) is 9.80. The zero-order valence-electron chi connectivity index (χ0n) is 7.33. The Hall–Kier alpha value is -2.22. The van der Waals surface area contributed by atoms with Crippen LogP contribution in [0.25, 0.3) is 0 Å². The first-order valence-electron chi connectivity index (χ1n) is 4.06. The number of rotatable bonds is 2. The summed E-state index contributed by atoms with van der Waals surface area (Å²) in [4.78, 5) is 8.04.